The lowest BCUT2D eigenvalue weighted by molar-refractivity contribution is -0.228. The van der Waals surface area contributed by atoms with Gasteiger partial charge in [-0.2, -0.15) is 0 Å². The lowest BCUT2D eigenvalue weighted by Crippen LogP contribution is -2.56. The van der Waals surface area contributed by atoms with E-state index in [0.29, 0.717) is 48.8 Å². The molecule has 3 atom stereocenters. The summed E-state index contributed by atoms with van der Waals surface area (Å²) in [5.41, 5.74) is -1.47. The summed E-state index contributed by atoms with van der Waals surface area (Å²) in [4.78, 5) is 49.9. The predicted octanol–water partition coefficient (Wildman–Crippen LogP) is 11.8. The monoisotopic (exact) mass is 722 g/mol. The van der Waals surface area contributed by atoms with Gasteiger partial charge in [0.1, 0.15) is 0 Å². The number of hydrogen-bond donors (Lipinski definition) is 1. The number of aliphatic hydroxyl groups excluding tert-OH is 1. The number of esters is 1. The van der Waals surface area contributed by atoms with E-state index in [0.717, 1.165) is 61.8 Å². The zero-order valence-electron chi connectivity index (χ0n) is 34.7. The number of unbranched alkanes of at least 4 members (excludes halogenated alkanes) is 1. The molecule has 0 saturated carbocycles. The fraction of sp³-hybridized carbons (Fsp3) is 0.711. The molecule has 1 heterocycles. The standard InChI is InChI=1S/C45H71NO6/c1-13-22-29-51-40(50)43(12,42(11,16-4)17-5)31-44(18-6,19-7)45(20-8,21-9)35(30-41(10,14-2)15-3)39(49)52-46-37(47)33-27-23-25-32-26-24-28-34(36(32)33)38(46)48/h23-28,35,37,47H,13-22,29-31H2,1-12H3. The van der Waals surface area contributed by atoms with Gasteiger partial charge in [-0.05, 0) is 97.8 Å². The Morgan fingerprint density at radius 3 is 1.88 bits per heavy atom. The van der Waals surface area contributed by atoms with Crippen LogP contribution in [0.5, 0.6) is 0 Å². The van der Waals surface area contributed by atoms with Gasteiger partial charge in [0.2, 0.25) is 0 Å². The molecule has 0 saturated heterocycles. The molecule has 0 spiro atoms. The summed E-state index contributed by atoms with van der Waals surface area (Å²) in [6.07, 6.45) is 7.70. The van der Waals surface area contributed by atoms with E-state index in [-0.39, 0.29) is 16.8 Å². The Hall–Kier alpha value is -2.93. The van der Waals surface area contributed by atoms with Gasteiger partial charge in [-0.1, -0.05) is 126 Å². The Labute approximate surface area is 315 Å². The average molecular weight is 722 g/mol. The summed E-state index contributed by atoms with van der Waals surface area (Å²) in [5.74, 6) is -1.80. The van der Waals surface area contributed by atoms with E-state index in [1.807, 2.05) is 24.3 Å². The van der Waals surface area contributed by atoms with Gasteiger partial charge >= 0.3 is 11.9 Å². The Morgan fingerprint density at radius 2 is 1.38 bits per heavy atom. The van der Waals surface area contributed by atoms with E-state index >= 15 is 4.79 Å². The molecule has 0 aliphatic carbocycles. The van der Waals surface area contributed by atoms with Gasteiger partial charge in [0.05, 0.1) is 23.5 Å². The highest BCUT2D eigenvalue weighted by Gasteiger charge is 2.61. The minimum atomic E-state index is -1.44. The molecule has 292 valence electrons. The SMILES string of the molecule is CCCCOC(=O)C(C)(CC(CC)(CC)C(CC)(CC)C(CC(C)(CC)CC)C(=O)ON1C(=O)c2cccc3cccc(c23)C1O)C(C)(CC)CC. The maximum atomic E-state index is 15.2. The largest absolute Gasteiger partial charge is 0.465 e. The molecule has 0 radical (unpaired) electrons. The highest BCUT2D eigenvalue weighted by Crippen LogP contribution is 2.64. The van der Waals surface area contributed by atoms with E-state index in [1.165, 1.54) is 0 Å². The van der Waals surface area contributed by atoms with Gasteiger partial charge in [-0.15, -0.1) is 5.06 Å². The number of benzene rings is 2. The van der Waals surface area contributed by atoms with Crippen molar-refractivity contribution < 1.29 is 29.1 Å². The summed E-state index contributed by atoms with van der Waals surface area (Å²) in [5, 5.41) is 14.1. The van der Waals surface area contributed by atoms with Crippen LogP contribution >= 0.6 is 0 Å². The third kappa shape index (κ3) is 7.54. The molecule has 1 N–H and O–H groups in total. The van der Waals surface area contributed by atoms with Crippen LogP contribution in [-0.4, -0.2) is 34.6 Å². The van der Waals surface area contributed by atoms with Gasteiger partial charge in [-0.3, -0.25) is 9.59 Å². The van der Waals surface area contributed by atoms with Crippen molar-refractivity contribution in [1.29, 1.82) is 0 Å². The highest BCUT2D eigenvalue weighted by atomic mass is 16.7. The van der Waals surface area contributed by atoms with E-state index in [9.17, 15) is 14.7 Å². The molecular weight excluding hydrogens is 650 g/mol. The number of ether oxygens (including phenoxy) is 1. The highest BCUT2D eigenvalue weighted by molar-refractivity contribution is 6.10. The lowest BCUT2D eigenvalue weighted by Gasteiger charge is -2.59. The van der Waals surface area contributed by atoms with Crippen LogP contribution in [-0.2, 0) is 19.2 Å². The van der Waals surface area contributed by atoms with Crippen molar-refractivity contribution in [2.75, 3.05) is 6.61 Å². The van der Waals surface area contributed by atoms with Crippen molar-refractivity contribution >= 4 is 28.6 Å². The van der Waals surface area contributed by atoms with Gasteiger partial charge < -0.3 is 14.7 Å². The van der Waals surface area contributed by atoms with Crippen molar-refractivity contribution in [3.63, 3.8) is 0 Å². The minimum Gasteiger partial charge on any atom is -0.465 e. The minimum absolute atomic E-state index is 0.152. The van der Waals surface area contributed by atoms with Gasteiger partial charge in [0.25, 0.3) is 5.91 Å². The maximum absolute atomic E-state index is 15.2. The molecule has 0 aromatic heterocycles. The van der Waals surface area contributed by atoms with E-state index < -0.39 is 40.3 Å². The number of hydroxylamine groups is 2. The number of hydrogen-bond acceptors (Lipinski definition) is 6. The number of carbonyl (C=O) groups is 3. The molecular formula is C45H71NO6. The molecule has 3 rings (SSSR count). The van der Waals surface area contributed by atoms with Crippen molar-refractivity contribution in [3.8, 4) is 0 Å². The molecule has 7 heteroatoms. The van der Waals surface area contributed by atoms with Crippen LogP contribution in [0.3, 0.4) is 0 Å². The smallest absolute Gasteiger partial charge is 0.336 e. The molecule has 1 aliphatic rings. The second-order valence-corrected chi connectivity index (χ2v) is 16.6. The molecule has 52 heavy (non-hydrogen) atoms. The third-order valence-corrected chi connectivity index (χ3v) is 14.8. The first-order valence-electron chi connectivity index (χ1n) is 20.5. The van der Waals surface area contributed by atoms with Crippen LogP contribution in [0.1, 0.15) is 182 Å². The first-order valence-corrected chi connectivity index (χ1v) is 20.5. The van der Waals surface area contributed by atoms with Crippen molar-refractivity contribution in [2.45, 2.75) is 166 Å². The average Bonchev–Trinajstić information content (AvgIpc) is 3.17. The zero-order chi connectivity index (χ0) is 39.1. The fourth-order valence-electron chi connectivity index (χ4n) is 9.86. The van der Waals surface area contributed by atoms with Gasteiger partial charge in [-0.25, -0.2) is 4.79 Å². The van der Waals surface area contributed by atoms with E-state index in [4.69, 9.17) is 9.57 Å². The number of amides is 1. The van der Waals surface area contributed by atoms with Gasteiger partial charge in [0, 0.05) is 10.9 Å². The summed E-state index contributed by atoms with van der Waals surface area (Å²) in [7, 11) is 0. The molecule has 2 aromatic carbocycles. The van der Waals surface area contributed by atoms with Crippen LogP contribution in [0, 0.1) is 33.0 Å². The third-order valence-electron chi connectivity index (χ3n) is 14.8. The number of carbonyl (C=O) groups excluding carboxylic acids is 3. The van der Waals surface area contributed by atoms with Crippen molar-refractivity contribution in [3.05, 3.63) is 47.5 Å². The number of aliphatic hydroxyl groups is 1. The maximum Gasteiger partial charge on any atom is 0.336 e. The van der Waals surface area contributed by atoms with Crippen molar-refractivity contribution in [2.24, 2.45) is 33.0 Å². The molecule has 0 fully saturated rings. The first-order chi connectivity index (χ1) is 24.6. The van der Waals surface area contributed by atoms with Crippen LogP contribution in [0.15, 0.2) is 36.4 Å². The first kappa shape index (κ1) is 43.5. The summed E-state index contributed by atoms with van der Waals surface area (Å²) in [6, 6.07) is 11.0. The predicted molar refractivity (Wildman–Crippen MR) is 211 cm³/mol. The summed E-state index contributed by atoms with van der Waals surface area (Å²) >= 11 is 0. The van der Waals surface area contributed by atoms with Crippen LogP contribution in [0.4, 0.5) is 0 Å². The van der Waals surface area contributed by atoms with Crippen LogP contribution in [0.2, 0.25) is 0 Å². The van der Waals surface area contributed by atoms with Crippen molar-refractivity contribution in [1.82, 2.24) is 5.06 Å². The fourth-order valence-corrected chi connectivity index (χ4v) is 9.86. The molecule has 1 aliphatic heterocycles. The molecule has 3 unspecified atom stereocenters. The second kappa shape index (κ2) is 17.5. The molecule has 1 amide bonds. The molecule has 7 nitrogen and oxygen atoms in total. The quantitative estimate of drug-likeness (QED) is 0.102. The molecule has 2 aromatic rings. The zero-order valence-corrected chi connectivity index (χ0v) is 34.7. The lowest BCUT2D eigenvalue weighted by atomic mass is 9.45. The topological polar surface area (TPSA) is 93.1 Å². The molecule has 0 bridgehead atoms. The Kier molecular flexibility index (Phi) is 14.6. The van der Waals surface area contributed by atoms with E-state index in [2.05, 4.69) is 83.1 Å². The Morgan fingerprint density at radius 1 is 0.808 bits per heavy atom. The summed E-state index contributed by atoms with van der Waals surface area (Å²) in [6.45, 7) is 26.5. The summed E-state index contributed by atoms with van der Waals surface area (Å²) < 4.78 is 6.11. The van der Waals surface area contributed by atoms with Crippen LogP contribution < -0.4 is 0 Å². The van der Waals surface area contributed by atoms with Crippen LogP contribution in [0.25, 0.3) is 10.8 Å². The van der Waals surface area contributed by atoms with Gasteiger partial charge in [0.15, 0.2) is 6.23 Å². The second-order valence-electron chi connectivity index (χ2n) is 16.6. The van der Waals surface area contributed by atoms with E-state index in [1.54, 1.807) is 12.1 Å². The normalized spacial score (nSPS) is 17.2. The number of rotatable bonds is 21. The Balaban J connectivity index is 2.25. The Bertz CT molecular complexity index is 1510. The number of nitrogens with zero attached hydrogens (tertiary/aromatic N) is 1.